The lowest BCUT2D eigenvalue weighted by Crippen LogP contribution is -2.13. The zero-order chi connectivity index (χ0) is 8.55. The van der Waals surface area contributed by atoms with Crippen LogP contribution in [0.3, 0.4) is 0 Å². The Bertz CT molecular complexity index is 311. The Morgan fingerprint density at radius 2 is 2.25 bits per heavy atom. The molecule has 1 aliphatic heterocycles. The second-order valence-corrected chi connectivity index (χ2v) is 2.90. The first-order chi connectivity index (χ1) is 5.77. The largest absolute Gasteiger partial charge is 0.477 e. The number of ether oxygens (including phenoxy) is 1. The van der Waals surface area contributed by atoms with E-state index in [0.717, 1.165) is 30.7 Å². The molecule has 0 radical (unpaired) electrons. The molecular weight excluding hydrogens is 154 g/mol. The van der Waals surface area contributed by atoms with E-state index in [1.54, 1.807) is 0 Å². The van der Waals surface area contributed by atoms with Crippen molar-refractivity contribution in [2.75, 3.05) is 12.3 Å². The maximum absolute atomic E-state index is 5.48. The van der Waals surface area contributed by atoms with E-state index in [4.69, 9.17) is 10.5 Å². The molecule has 0 aromatic carbocycles. The summed E-state index contributed by atoms with van der Waals surface area (Å²) in [7, 11) is 0. The van der Waals surface area contributed by atoms with Crippen LogP contribution < -0.4 is 10.5 Å². The van der Waals surface area contributed by atoms with E-state index in [1.165, 1.54) is 0 Å². The lowest BCUT2D eigenvalue weighted by atomic mass is 10.1. The molecule has 4 heteroatoms. The van der Waals surface area contributed by atoms with Gasteiger partial charge in [0.15, 0.2) is 0 Å². The van der Waals surface area contributed by atoms with Crippen molar-refractivity contribution in [2.45, 2.75) is 19.8 Å². The molecular formula is C8H11N3O. The van der Waals surface area contributed by atoms with E-state index < -0.39 is 0 Å². The lowest BCUT2D eigenvalue weighted by Gasteiger charge is -2.17. The highest BCUT2D eigenvalue weighted by molar-refractivity contribution is 5.36. The highest BCUT2D eigenvalue weighted by Crippen LogP contribution is 2.24. The number of nitrogens with two attached hydrogens (primary N) is 1. The molecule has 64 valence electrons. The minimum atomic E-state index is 0.299. The standard InChI is InChI=1S/C8H11N3O/c1-5-6-3-2-4-12-7(6)11-8(9)10-5/h2-4H2,1H3,(H2,9,10,11). The number of fused-ring (bicyclic) bond motifs is 1. The maximum atomic E-state index is 5.48. The zero-order valence-corrected chi connectivity index (χ0v) is 7.00. The molecule has 4 nitrogen and oxygen atoms in total. The lowest BCUT2D eigenvalue weighted by molar-refractivity contribution is 0.275. The minimum Gasteiger partial charge on any atom is -0.477 e. The molecule has 2 heterocycles. The van der Waals surface area contributed by atoms with Crippen LogP contribution in [0.15, 0.2) is 0 Å². The maximum Gasteiger partial charge on any atom is 0.223 e. The van der Waals surface area contributed by atoms with Crippen molar-refractivity contribution >= 4 is 5.95 Å². The molecule has 1 aromatic heterocycles. The van der Waals surface area contributed by atoms with Crippen LogP contribution in [0.1, 0.15) is 17.7 Å². The van der Waals surface area contributed by atoms with Gasteiger partial charge in [-0.25, -0.2) is 4.98 Å². The van der Waals surface area contributed by atoms with Crippen LogP contribution in [0.5, 0.6) is 5.88 Å². The molecule has 2 rings (SSSR count). The Balaban J connectivity index is 2.53. The first-order valence-electron chi connectivity index (χ1n) is 4.03. The summed E-state index contributed by atoms with van der Waals surface area (Å²) in [5.74, 6) is 0.972. The van der Waals surface area contributed by atoms with Crippen molar-refractivity contribution in [2.24, 2.45) is 0 Å². The highest BCUT2D eigenvalue weighted by Gasteiger charge is 2.15. The summed E-state index contributed by atoms with van der Waals surface area (Å²) in [5, 5.41) is 0. The van der Waals surface area contributed by atoms with Crippen LogP contribution >= 0.6 is 0 Å². The molecule has 0 bridgehead atoms. The Labute approximate surface area is 70.8 Å². The number of hydrogen-bond acceptors (Lipinski definition) is 4. The monoisotopic (exact) mass is 165 g/mol. The molecule has 1 aromatic rings. The first-order valence-corrected chi connectivity index (χ1v) is 4.03. The van der Waals surface area contributed by atoms with Crippen molar-refractivity contribution in [1.29, 1.82) is 0 Å². The fraction of sp³-hybridized carbons (Fsp3) is 0.500. The number of nitrogens with zero attached hydrogens (tertiary/aromatic N) is 2. The van der Waals surface area contributed by atoms with Crippen molar-refractivity contribution in [3.8, 4) is 5.88 Å². The molecule has 2 N–H and O–H groups in total. The summed E-state index contributed by atoms with van der Waals surface area (Å²) >= 11 is 0. The molecule has 0 unspecified atom stereocenters. The molecule has 1 aliphatic rings. The Hall–Kier alpha value is -1.32. The summed E-state index contributed by atoms with van der Waals surface area (Å²) in [4.78, 5) is 8.09. The summed E-state index contributed by atoms with van der Waals surface area (Å²) in [5.41, 5.74) is 7.53. The third kappa shape index (κ3) is 1.09. The Morgan fingerprint density at radius 3 is 3.08 bits per heavy atom. The average Bonchev–Trinajstić information content (AvgIpc) is 2.04. The van der Waals surface area contributed by atoms with Crippen molar-refractivity contribution < 1.29 is 4.74 Å². The van der Waals surface area contributed by atoms with Crippen LogP contribution in [-0.2, 0) is 6.42 Å². The van der Waals surface area contributed by atoms with Gasteiger partial charge in [-0.2, -0.15) is 4.98 Å². The van der Waals surface area contributed by atoms with Gasteiger partial charge < -0.3 is 10.5 Å². The number of hydrogen-bond donors (Lipinski definition) is 1. The van der Waals surface area contributed by atoms with E-state index in [1.807, 2.05) is 6.92 Å². The van der Waals surface area contributed by atoms with Crippen molar-refractivity contribution in [1.82, 2.24) is 9.97 Å². The Morgan fingerprint density at radius 1 is 1.42 bits per heavy atom. The van der Waals surface area contributed by atoms with Gasteiger partial charge in [0.1, 0.15) is 0 Å². The van der Waals surface area contributed by atoms with Crippen LogP contribution in [0, 0.1) is 6.92 Å². The molecule has 0 amide bonds. The zero-order valence-electron chi connectivity index (χ0n) is 7.00. The second-order valence-electron chi connectivity index (χ2n) is 2.90. The van der Waals surface area contributed by atoms with Crippen LogP contribution in [-0.4, -0.2) is 16.6 Å². The van der Waals surface area contributed by atoms with Gasteiger partial charge in [-0.15, -0.1) is 0 Å². The van der Waals surface area contributed by atoms with Gasteiger partial charge in [0.25, 0.3) is 0 Å². The minimum absolute atomic E-state index is 0.299. The van der Waals surface area contributed by atoms with Crippen LogP contribution in [0.25, 0.3) is 0 Å². The van der Waals surface area contributed by atoms with Gasteiger partial charge in [0, 0.05) is 11.3 Å². The topological polar surface area (TPSA) is 61.0 Å². The summed E-state index contributed by atoms with van der Waals surface area (Å²) in [6, 6.07) is 0. The smallest absolute Gasteiger partial charge is 0.223 e. The Kier molecular flexibility index (Phi) is 1.60. The van der Waals surface area contributed by atoms with E-state index in [9.17, 15) is 0 Å². The average molecular weight is 165 g/mol. The van der Waals surface area contributed by atoms with Gasteiger partial charge in [-0.05, 0) is 19.8 Å². The van der Waals surface area contributed by atoms with Crippen LogP contribution in [0.4, 0.5) is 5.95 Å². The molecule has 0 aliphatic carbocycles. The molecule has 0 saturated carbocycles. The van der Waals surface area contributed by atoms with E-state index >= 15 is 0 Å². The predicted octanol–water partition coefficient (Wildman–Crippen LogP) is 0.692. The van der Waals surface area contributed by atoms with Gasteiger partial charge in [0.05, 0.1) is 6.61 Å². The van der Waals surface area contributed by atoms with Crippen LogP contribution in [0.2, 0.25) is 0 Å². The molecule has 12 heavy (non-hydrogen) atoms. The normalized spacial score (nSPS) is 15.1. The quantitative estimate of drug-likeness (QED) is 0.614. The number of aryl methyl sites for hydroxylation is 1. The summed E-state index contributed by atoms with van der Waals surface area (Å²) < 4.78 is 5.35. The van der Waals surface area contributed by atoms with E-state index in [-0.39, 0.29) is 0 Å². The van der Waals surface area contributed by atoms with Gasteiger partial charge in [-0.3, -0.25) is 0 Å². The molecule has 0 atom stereocenters. The van der Waals surface area contributed by atoms with Gasteiger partial charge in [0.2, 0.25) is 11.8 Å². The van der Waals surface area contributed by atoms with Gasteiger partial charge >= 0.3 is 0 Å². The third-order valence-electron chi connectivity index (χ3n) is 2.00. The summed E-state index contributed by atoms with van der Waals surface area (Å²) in [6.45, 7) is 2.68. The number of nitrogen functional groups attached to an aromatic ring is 1. The molecule has 0 fully saturated rings. The molecule has 0 spiro atoms. The second kappa shape index (κ2) is 2.62. The van der Waals surface area contributed by atoms with Gasteiger partial charge in [-0.1, -0.05) is 0 Å². The fourth-order valence-electron chi connectivity index (χ4n) is 1.42. The highest BCUT2D eigenvalue weighted by atomic mass is 16.5. The number of anilines is 1. The number of rotatable bonds is 0. The third-order valence-corrected chi connectivity index (χ3v) is 2.00. The van der Waals surface area contributed by atoms with E-state index in [0.29, 0.717) is 11.8 Å². The SMILES string of the molecule is Cc1nc(N)nc2c1CCCO2. The van der Waals surface area contributed by atoms with Crippen molar-refractivity contribution in [3.63, 3.8) is 0 Å². The molecule has 0 saturated heterocycles. The van der Waals surface area contributed by atoms with Crippen molar-refractivity contribution in [3.05, 3.63) is 11.3 Å². The predicted molar refractivity (Wildman–Crippen MR) is 45.0 cm³/mol. The number of aromatic nitrogens is 2. The first kappa shape index (κ1) is 7.34. The fourth-order valence-corrected chi connectivity index (χ4v) is 1.42. The van der Waals surface area contributed by atoms with E-state index in [2.05, 4.69) is 9.97 Å². The summed E-state index contributed by atoms with van der Waals surface area (Å²) in [6.07, 6.45) is 2.04.